The SMILES string of the molecule is CCc1ccccc1N(CC(=O)N(Cc1ccc(F)cc1)[C@@H](C)C(=O)NC1CCCCC1)S(=O)(=O)c1ccc(C)cc1. The molecule has 0 unspecified atom stereocenters. The zero-order valence-corrected chi connectivity index (χ0v) is 25.4. The molecule has 0 aliphatic heterocycles. The molecule has 1 atom stereocenters. The van der Waals surface area contributed by atoms with E-state index >= 15 is 0 Å². The normalized spacial score (nSPS) is 14.7. The number of aryl methyl sites for hydroxylation is 2. The maximum Gasteiger partial charge on any atom is 0.264 e. The monoisotopic (exact) mass is 593 g/mol. The lowest BCUT2D eigenvalue weighted by atomic mass is 9.95. The van der Waals surface area contributed by atoms with Crippen LogP contribution in [0.25, 0.3) is 0 Å². The number of carbonyl (C=O) groups is 2. The fourth-order valence-electron chi connectivity index (χ4n) is 5.34. The van der Waals surface area contributed by atoms with E-state index in [0.29, 0.717) is 17.7 Å². The molecule has 2 amide bonds. The topological polar surface area (TPSA) is 86.8 Å². The van der Waals surface area contributed by atoms with Gasteiger partial charge in [0.1, 0.15) is 18.4 Å². The highest BCUT2D eigenvalue weighted by Crippen LogP contribution is 2.28. The fourth-order valence-corrected chi connectivity index (χ4v) is 6.79. The number of sulfonamides is 1. The summed E-state index contributed by atoms with van der Waals surface area (Å²) < 4.78 is 42.9. The van der Waals surface area contributed by atoms with E-state index in [0.717, 1.165) is 47.5 Å². The molecule has 4 rings (SSSR count). The summed E-state index contributed by atoms with van der Waals surface area (Å²) in [6.07, 6.45) is 5.56. The number of amides is 2. The minimum Gasteiger partial charge on any atom is -0.352 e. The number of para-hydroxylation sites is 1. The van der Waals surface area contributed by atoms with Crippen LogP contribution < -0.4 is 9.62 Å². The first-order chi connectivity index (χ1) is 20.1. The summed E-state index contributed by atoms with van der Waals surface area (Å²) in [6.45, 7) is 4.97. The summed E-state index contributed by atoms with van der Waals surface area (Å²) in [4.78, 5) is 29.0. The highest BCUT2D eigenvalue weighted by molar-refractivity contribution is 7.92. The minimum absolute atomic E-state index is 0.0201. The van der Waals surface area contributed by atoms with E-state index in [1.54, 1.807) is 43.3 Å². The number of hydrogen-bond donors (Lipinski definition) is 1. The van der Waals surface area contributed by atoms with Crippen LogP contribution in [0.3, 0.4) is 0 Å². The molecule has 1 aliphatic rings. The lowest BCUT2D eigenvalue weighted by Gasteiger charge is -2.33. The Morgan fingerprint density at radius 1 is 0.952 bits per heavy atom. The highest BCUT2D eigenvalue weighted by Gasteiger charge is 2.34. The van der Waals surface area contributed by atoms with Gasteiger partial charge >= 0.3 is 0 Å². The summed E-state index contributed by atoms with van der Waals surface area (Å²) in [6, 6.07) is 18.5. The first-order valence-corrected chi connectivity index (χ1v) is 16.1. The number of hydrogen-bond acceptors (Lipinski definition) is 4. The number of anilines is 1. The second-order valence-electron chi connectivity index (χ2n) is 11.0. The average molecular weight is 594 g/mol. The second kappa shape index (κ2) is 14.0. The van der Waals surface area contributed by atoms with Gasteiger partial charge in [-0.25, -0.2) is 12.8 Å². The van der Waals surface area contributed by atoms with Crippen molar-refractivity contribution in [2.75, 3.05) is 10.8 Å². The Morgan fingerprint density at radius 2 is 1.60 bits per heavy atom. The Balaban J connectivity index is 1.70. The Kier molecular flexibility index (Phi) is 10.4. The quantitative estimate of drug-likeness (QED) is 0.306. The van der Waals surface area contributed by atoms with Crippen LogP contribution in [0, 0.1) is 12.7 Å². The molecule has 224 valence electrons. The van der Waals surface area contributed by atoms with E-state index in [4.69, 9.17) is 0 Å². The minimum atomic E-state index is -4.14. The van der Waals surface area contributed by atoms with Crippen LogP contribution in [0.5, 0.6) is 0 Å². The maximum atomic E-state index is 14.1. The summed E-state index contributed by atoms with van der Waals surface area (Å²) in [5.74, 6) is -1.24. The van der Waals surface area contributed by atoms with Gasteiger partial charge in [0.05, 0.1) is 10.6 Å². The van der Waals surface area contributed by atoms with Crippen LogP contribution in [0.2, 0.25) is 0 Å². The molecule has 42 heavy (non-hydrogen) atoms. The van der Waals surface area contributed by atoms with Crippen LogP contribution in [-0.4, -0.2) is 43.8 Å². The molecule has 7 nitrogen and oxygen atoms in total. The molecule has 1 aliphatic carbocycles. The van der Waals surface area contributed by atoms with Gasteiger partial charge in [-0.05, 0) is 74.6 Å². The standard InChI is InChI=1S/C33H40FN3O4S/c1-4-27-10-8-9-13-31(27)37(42(40,41)30-20-14-24(2)15-21-30)23-32(38)36(22-26-16-18-28(34)19-17-26)25(3)33(39)35-29-11-6-5-7-12-29/h8-10,13-21,25,29H,4-7,11-12,22-23H2,1-3H3,(H,35,39)/t25-/m0/s1. The van der Waals surface area contributed by atoms with E-state index in [-0.39, 0.29) is 23.4 Å². The number of nitrogens with one attached hydrogen (secondary N) is 1. The predicted molar refractivity (Wildman–Crippen MR) is 163 cm³/mol. The third-order valence-electron chi connectivity index (χ3n) is 7.91. The third kappa shape index (κ3) is 7.56. The number of rotatable bonds is 11. The van der Waals surface area contributed by atoms with E-state index in [1.165, 1.54) is 29.2 Å². The van der Waals surface area contributed by atoms with Gasteiger partial charge in [0.2, 0.25) is 11.8 Å². The molecule has 0 spiro atoms. The smallest absolute Gasteiger partial charge is 0.264 e. The van der Waals surface area contributed by atoms with Gasteiger partial charge < -0.3 is 10.2 Å². The van der Waals surface area contributed by atoms with Crippen LogP contribution in [0.4, 0.5) is 10.1 Å². The van der Waals surface area contributed by atoms with Crippen LogP contribution in [0.1, 0.15) is 62.6 Å². The van der Waals surface area contributed by atoms with Crippen LogP contribution in [0.15, 0.2) is 77.7 Å². The lowest BCUT2D eigenvalue weighted by molar-refractivity contribution is -0.139. The zero-order chi connectivity index (χ0) is 30.3. The van der Waals surface area contributed by atoms with Crippen molar-refractivity contribution in [2.24, 2.45) is 0 Å². The second-order valence-corrected chi connectivity index (χ2v) is 12.8. The maximum absolute atomic E-state index is 14.1. The van der Waals surface area contributed by atoms with E-state index < -0.39 is 34.3 Å². The molecule has 0 aromatic heterocycles. The molecule has 0 radical (unpaired) electrons. The van der Waals surface area contributed by atoms with Gasteiger partial charge in [-0.1, -0.05) is 74.2 Å². The molecule has 3 aromatic rings. The Morgan fingerprint density at radius 3 is 2.24 bits per heavy atom. The highest BCUT2D eigenvalue weighted by atomic mass is 32.2. The summed E-state index contributed by atoms with van der Waals surface area (Å²) >= 11 is 0. The number of halogens is 1. The van der Waals surface area contributed by atoms with Gasteiger partial charge in [-0.15, -0.1) is 0 Å². The van der Waals surface area contributed by atoms with Crippen molar-refractivity contribution in [3.63, 3.8) is 0 Å². The molecule has 3 aromatic carbocycles. The van der Waals surface area contributed by atoms with Crippen molar-refractivity contribution >= 4 is 27.5 Å². The largest absolute Gasteiger partial charge is 0.352 e. The van der Waals surface area contributed by atoms with Crippen LogP contribution in [-0.2, 0) is 32.6 Å². The van der Waals surface area contributed by atoms with Crippen molar-refractivity contribution in [3.05, 3.63) is 95.3 Å². The first kappa shape index (κ1) is 31.2. The van der Waals surface area contributed by atoms with Crippen molar-refractivity contribution < 1.29 is 22.4 Å². The number of nitrogens with zero attached hydrogens (tertiary/aromatic N) is 2. The van der Waals surface area contributed by atoms with Gasteiger partial charge in [0.25, 0.3) is 10.0 Å². The van der Waals surface area contributed by atoms with Gasteiger partial charge in [0.15, 0.2) is 0 Å². The Bertz CT molecular complexity index is 1470. The zero-order valence-electron chi connectivity index (χ0n) is 24.6. The van der Waals surface area contributed by atoms with Crippen molar-refractivity contribution in [1.29, 1.82) is 0 Å². The molecule has 0 bridgehead atoms. The summed E-state index contributed by atoms with van der Waals surface area (Å²) in [5.41, 5.74) is 2.72. The number of carbonyl (C=O) groups excluding carboxylic acids is 2. The van der Waals surface area contributed by atoms with E-state index in [2.05, 4.69) is 5.32 Å². The molecule has 1 saturated carbocycles. The first-order valence-electron chi connectivity index (χ1n) is 14.6. The average Bonchev–Trinajstić information content (AvgIpc) is 2.99. The molecule has 0 saturated heterocycles. The Hall–Kier alpha value is -3.72. The predicted octanol–water partition coefficient (Wildman–Crippen LogP) is 5.76. The molecule has 0 heterocycles. The lowest BCUT2D eigenvalue weighted by Crippen LogP contribution is -2.53. The van der Waals surface area contributed by atoms with Crippen molar-refractivity contribution in [3.8, 4) is 0 Å². The molecule has 1 N–H and O–H groups in total. The molecular weight excluding hydrogens is 553 g/mol. The molecule has 1 fully saturated rings. The van der Waals surface area contributed by atoms with Crippen molar-refractivity contribution in [1.82, 2.24) is 10.2 Å². The van der Waals surface area contributed by atoms with Gasteiger partial charge in [0, 0.05) is 12.6 Å². The van der Waals surface area contributed by atoms with Gasteiger partial charge in [-0.3, -0.25) is 13.9 Å². The third-order valence-corrected chi connectivity index (χ3v) is 9.69. The van der Waals surface area contributed by atoms with Gasteiger partial charge in [-0.2, -0.15) is 0 Å². The summed E-state index contributed by atoms with van der Waals surface area (Å²) in [5, 5.41) is 3.09. The molecule has 9 heteroatoms. The van der Waals surface area contributed by atoms with Crippen LogP contribution >= 0.6 is 0 Å². The Labute approximate surface area is 248 Å². The fraction of sp³-hybridized carbons (Fsp3) is 0.394. The van der Waals surface area contributed by atoms with E-state index in [9.17, 15) is 22.4 Å². The summed E-state index contributed by atoms with van der Waals surface area (Å²) in [7, 11) is -4.14. The number of benzene rings is 3. The molecular formula is C33H40FN3O4S. The van der Waals surface area contributed by atoms with Crippen molar-refractivity contribution in [2.45, 2.75) is 82.8 Å². The van der Waals surface area contributed by atoms with E-state index in [1.807, 2.05) is 26.0 Å².